The average Bonchev–Trinajstić information content (AvgIpc) is 2.85. The number of rotatable bonds is 3. The van der Waals surface area contributed by atoms with Gasteiger partial charge in [0.25, 0.3) is 0 Å². The Morgan fingerprint density at radius 3 is 2.30 bits per heavy atom. The van der Waals surface area contributed by atoms with Crippen molar-refractivity contribution in [2.45, 2.75) is 31.8 Å². The van der Waals surface area contributed by atoms with Crippen LogP contribution < -0.4 is 0 Å². The van der Waals surface area contributed by atoms with Gasteiger partial charge in [0, 0.05) is 20.0 Å². The first-order valence-corrected chi connectivity index (χ1v) is 8.14. The first-order chi connectivity index (χ1) is 9.35. The number of hydrogen-bond donors (Lipinski definition) is 0. The molecule has 1 aliphatic heterocycles. The van der Waals surface area contributed by atoms with Gasteiger partial charge in [0.1, 0.15) is 6.17 Å². The number of carbonyl (C=O) groups is 1. The maximum absolute atomic E-state index is 12.7. The predicted molar refractivity (Wildman–Crippen MR) is 76.3 cm³/mol. The molecular weight excluding hydrogens is 276 g/mol. The average molecular weight is 296 g/mol. The van der Waals surface area contributed by atoms with E-state index in [1.54, 1.807) is 35.2 Å². The van der Waals surface area contributed by atoms with Crippen molar-refractivity contribution in [1.82, 2.24) is 9.21 Å². The van der Waals surface area contributed by atoms with Gasteiger partial charge in [-0.3, -0.25) is 4.79 Å². The highest BCUT2D eigenvalue weighted by molar-refractivity contribution is 7.89. The van der Waals surface area contributed by atoms with E-state index in [-0.39, 0.29) is 16.7 Å². The van der Waals surface area contributed by atoms with Gasteiger partial charge in [-0.2, -0.15) is 4.31 Å². The molecule has 1 aliphatic rings. The summed E-state index contributed by atoms with van der Waals surface area (Å²) in [7, 11) is -3.56. The van der Waals surface area contributed by atoms with Crippen LogP contribution in [0.4, 0.5) is 0 Å². The maximum atomic E-state index is 12.7. The van der Waals surface area contributed by atoms with Gasteiger partial charge >= 0.3 is 0 Å². The van der Waals surface area contributed by atoms with Crippen molar-refractivity contribution in [1.29, 1.82) is 0 Å². The third-order valence-electron chi connectivity index (χ3n) is 3.53. The fourth-order valence-corrected chi connectivity index (χ4v) is 4.39. The number of nitrogens with zero attached hydrogens (tertiary/aromatic N) is 2. The SMILES string of the molecule is CC(=O)N1CCN(S(=O)(=O)c2ccccc2)C1C(C)C. The van der Waals surface area contributed by atoms with E-state index in [0.717, 1.165) is 0 Å². The predicted octanol–water partition coefficient (Wildman–Crippen LogP) is 1.52. The van der Waals surface area contributed by atoms with Gasteiger partial charge in [-0.15, -0.1) is 0 Å². The Labute approximate surface area is 120 Å². The van der Waals surface area contributed by atoms with Gasteiger partial charge in [0.2, 0.25) is 15.9 Å². The van der Waals surface area contributed by atoms with Crippen LogP contribution in [-0.2, 0) is 14.8 Å². The first kappa shape index (κ1) is 15.0. The molecular formula is C14H20N2O3S. The molecule has 0 radical (unpaired) electrons. The molecule has 0 bridgehead atoms. The standard InChI is InChI=1S/C14H20N2O3S/c1-11(2)14-15(12(3)17)9-10-16(14)20(18,19)13-7-5-4-6-8-13/h4-8,11,14H,9-10H2,1-3H3. The minimum absolute atomic E-state index is 0.0416. The molecule has 1 amide bonds. The van der Waals surface area contributed by atoms with Crippen molar-refractivity contribution in [2.24, 2.45) is 5.92 Å². The lowest BCUT2D eigenvalue weighted by Gasteiger charge is -2.32. The zero-order valence-electron chi connectivity index (χ0n) is 12.0. The van der Waals surface area contributed by atoms with E-state index in [9.17, 15) is 13.2 Å². The molecule has 1 atom stereocenters. The van der Waals surface area contributed by atoms with Crippen LogP contribution in [0.3, 0.4) is 0 Å². The van der Waals surface area contributed by atoms with E-state index in [4.69, 9.17) is 0 Å². The van der Waals surface area contributed by atoms with E-state index >= 15 is 0 Å². The molecule has 0 saturated carbocycles. The maximum Gasteiger partial charge on any atom is 0.244 e. The summed E-state index contributed by atoms with van der Waals surface area (Å²) in [6.45, 7) is 6.14. The molecule has 1 unspecified atom stereocenters. The van der Waals surface area contributed by atoms with Crippen LogP contribution in [0.5, 0.6) is 0 Å². The van der Waals surface area contributed by atoms with Crippen molar-refractivity contribution in [3.8, 4) is 0 Å². The Morgan fingerprint density at radius 2 is 1.80 bits per heavy atom. The molecule has 0 N–H and O–H groups in total. The van der Waals surface area contributed by atoms with Gasteiger partial charge in [-0.25, -0.2) is 8.42 Å². The highest BCUT2D eigenvalue weighted by atomic mass is 32.2. The molecule has 0 aliphatic carbocycles. The molecule has 5 nitrogen and oxygen atoms in total. The summed E-state index contributed by atoms with van der Waals surface area (Å²) in [5, 5.41) is 0. The normalized spacial score (nSPS) is 20.6. The van der Waals surface area contributed by atoms with Gasteiger partial charge in [0.05, 0.1) is 4.90 Å². The Hall–Kier alpha value is -1.40. The molecule has 6 heteroatoms. The van der Waals surface area contributed by atoms with Crippen LogP contribution in [0.1, 0.15) is 20.8 Å². The third kappa shape index (κ3) is 2.58. The lowest BCUT2D eigenvalue weighted by Crippen LogP contribution is -2.46. The highest BCUT2D eigenvalue weighted by Gasteiger charge is 2.42. The van der Waals surface area contributed by atoms with Crippen molar-refractivity contribution in [3.63, 3.8) is 0 Å². The summed E-state index contributed by atoms with van der Waals surface area (Å²) in [5.74, 6) is -0.0469. The summed E-state index contributed by atoms with van der Waals surface area (Å²) in [6, 6.07) is 8.36. The molecule has 0 aromatic heterocycles. The number of benzene rings is 1. The van der Waals surface area contributed by atoms with Crippen LogP contribution in [0, 0.1) is 5.92 Å². The van der Waals surface area contributed by atoms with Crippen molar-refractivity contribution in [3.05, 3.63) is 30.3 Å². The van der Waals surface area contributed by atoms with Crippen LogP contribution in [0.15, 0.2) is 35.2 Å². The van der Waals surface area contributed by atoms with E-state index in [0.29, 0.717) is 13.1 Å². The second kappa shape index (κ2) is 5.54. The van der Waals surface area contributed by atoms with Crippen molar-refractivity contribution >= 4 is 15.9 Å². The van der Waals surface area contributed by atoms with Gasteiger partial charge in [-0.05, 0) is 18.1 Å². The summed E-state index contributed by atoms with van der Waals surface area (Å²) >= 11 is 0. The number of amides is 1. The number of carbonyl (C=O) groups excluding carboxylic acids is 1. The first-order valence-electron chi connectivity index (χ1n) is 6.70. The zero-order chi connectivity index (χ0) is 14.9. The Bertz CT molecular complexity index is 584. The van der Waals surface area contributed by atoms with E-state index in [1.807, 2.05) is 13.8 Å². The second-order valence-electron chi connectivity index (χ2n) is 5.30. The fourth-order valence-electron chi connectivity index (χ4n) is 2.65. The smallest absolute Gasteiger partial charge is 0.244 e. The van der Waals surface area contributed by atoms with E-state index < -0.39 is 16.2 Å². The number of hydrogen-bond acceptors (Lipinski definition) is 3. The van der Waals surface area contributed by atoms with Crippen LogP contribution in [-0.4, -0.2) is 42.8 Å². The molecule has 0 spiro atoms. The minimum Gasteiger partial charge on any atom is -0.325 e. The molecule has 1 heterocycles. The second-order valence-corrected chi connectivity index (χ2v) is 7.19. The summed E-state index contributed by atoms with van der Waals surface area (Å²) in [5.41, 5.74) is 0. The Morgan fingerprint density at radius 1 is 1.20 bits per heavy atom. The Kier molecular flexibility index (Phi) is 4.15. The molecule has 110 valence electrons. The van der Waals surface area contributed by atoms with Crippen molar-refractivity contribution in [2.75, 3.05) is 13.1 Å². The summed E-state index contributed by atoms with van der Waals surface area (Å²) in [4.78, 5) is 13.6. The quantitative estimate of drug-likeness (QED) is 0.850. The molecule has 20 heavy (non-hydrogen) atoms. The van der Waals surface area contributed by atoms with E-state index in [1.165, 1.54) is 11.2 Å². The van der Waals surface area contributed by atoms with Gasteiger partial charge in [-0.1, -0.05) is 32.0 Å². The molecule has 1 aromatic carbocycles. The van der Waals surface area contributed by atoms with Gasteiger partial charge < -0.3 is 4.90 Å². The monoisotopic (exact) mass is 296 g/mol. The molecule has 1 saturated heterocycles. The highest BCUT2D eigenvalue weighted by Crippen LogP contribution is 2.28. The number of sulfonamides is 1. The van der Waals surface area contributed by atoms with Gasteiger partial charge in [0.15, 0.2) is 0 Å². The van der Waals surface area contributed by atoms with Crippen LogP contribution in [0.25, 0.3) is 0 Å². The Balaban J connectivity index is 2.39. The molecule has 2 rings (SSSR count). The molecule has 1 aromatic rings. The van der Waals surface area contributed by atoms with Crippen LogP contribution >= 0.6 is 0 Å². The summed E-state index contributed by atoms with van der Waals surface area (Å²) in [6.07, 6.45) is -0.405. The van der Waals surface area contributed by atoms with Crippen molar-refractivity contribution < 1.29 is 13.2 Å². The largest absolute Gasteiger partial charge is 0.325 e. The zero-order valence-corrected chi connectivity index (χ0v) is 12.8. The molecule has 1 fully saturated rings. The van der Waals surface area contributed by atoms with E-state index in [2.05, 4.69) is 0 Å². The van der Waals surface area contributed by atoms with Crippen LogP contribution in [0.2, 0.25) is 0 Å². The lowest BCUT2D eigenvalue weighted by atomic mass is 10.1. The topological polar surface area (TPSA) is 57.7 Å². The minimum atomic E-state index is -3.56. The summed E-state index contributed by atoms with van der Waals surface area (Å²) < 4.78 is 26.8. The lowest BCUT2D eigenvalue weighted by molar-refractivity contribution is -0.131. The fraction of sp³-hybridized carbons (Fsp3) is 0.500. The third-order valence-corrected chi connectivity index (χ3v) is 5.41.